The predicted molar refractivity (Wildman–Crippen MR) is 212 cm³/mol. The van der Waals surface area contributed by atoms with Gasteiger partial charge in [-0.15, -0.1) is 0 Å². The van der Waals surface area contributed by atoms with Crippen LogP contribution in [0.5, 0.6) is 11.5 Å². The summed E-state index contributed by atoms with van der Waals surface area (Å²) in [6.45, 7) is 4.16. The van der Waals surface area contributed by atoms with Gasteiger partial charge in [0.2, 0.25) is 0 Å². The third kappa shape index (κ3) is 11.8. The number of nitriles is 2. The third-order valence-corrected chi connectivity index (χ3v) is 11.0. The SMILES string of the molecule is CC=CCC1CCC(c2ccc(C(F)(F)Oc3ccc(C#N)c(F)c3)cc2)CC1.CCC=CC1CCC(c2ccc(C(F)(F)Oc3ccc(C#N)c(F)c3)cc2)CC1. The Morgan fingerprint density at radius 2 is 1.05 bits per heavy atom. The van der Waals surface area contributed by atoms with Crippen molar-refractivity contribution in [2.45, 2.75) is 102 Å². The van der Waals surface area contributed by atoms with E-state index in [1.807, 2.05) is 6.92 Å². The molecule has 0 aliphatic heterocycles. The molecule has 0 heterocycles. The number of benzene rings is 4. The fourth-order valence-electron chi connectivity index (χ4n) is 7.65. The summed E-state index contributed by atoms with van der Waals surface area (Å²) in [6.07, 6.45) is 12.5. The molecule has 2 aliphatic carbocycles. The van der Waals surface area contributed by atoms with Crippen LogP contribution in [0.4, 0.5) is 26.3 Å². The smallest absolute Gasteiger partial charge is 0.426 e. The minimum atomic E-state index is -3.60. The first-order chi connectivity index (χ1) is 27.8. The van der Waals surface area contributed by atoms with Crippen molar-refractivity contribution in [2.75, 3.05) is 0 Å². The van der Waals surface area contributed by atoms with Gasteiger partial charge in [-0.25, -0.2) is 8.78 Å². The fraction of sp³-hybridized carbons (Fsp3) is 0.375. The monoisotopic (exact) mass is 798 g/mol. The van der Waals surface area contributed by atoms with E-state index < -0.39 is 23.9 Å². The van der Waals surface area contributed by atoms with Crippen molar-refractivity contribution in [3.8, 4) is 23.6 Å². The van der Waals surface area contributed by atoms with Gasteiger partial charge in [0.25, 0.3) is 0 Å². The lowest BCUT2D eigenvalue weighted by Crippen LogP contribution is -2.22. The predicted octanol–water partition coefficient (Wildman–Crippen LogP) is 14.1. The van der Waals surface area contributed by atoms with Gasteiger partial charge >= 0.3 is 12.2 Å². The lowest BCUT2D eigenvalue weighted by molar-refractivity contribution is -0.186. The maximum absolute atomic E-state index is 14.5. The first kappa shape index (κ1) is 43.6. The van der Waals surface area contributed by atoms with E-state index in [1.54, 1.807) is 36.4 Å². The van der Waals surface area contributed by atoms with Crippen LogP contribution in [0.15, 0.2) is 109 Å². The highest BCUT2D eigenvalue weighted by molar-refractivity contribution is 5.38. The van der Waals surface area contributed by atoms with Crippen molar-refractivity contribution in [2.24, 2.45) is 11.8 Å². The zero-order valence-corrected chi connectivity index (χ0v) is 32.8. The molecule has 304 valence electrons. The first-order valence-electron chi connectivity index (χ1n) is 19.9. The van der Waals surface area contributed by atoms with Gasteiger partial charge in [-0.2, -0.15) is 28.1 Å². The van der Waals surface area contributed by atoms with Gasteiger partial charge in [-0.3, -0.25) is 0 Å². The van der Waals surface area contributed by atoms with Crippen molar-refractivity contribution < 1.29 is 35.8 Å². The first-order valence-corrected chi connectivity index (χ1v) is 19.9. The maximum Gasteiger partial charge on any atom is 0.426 e. The fourth-order valence-corrected chi connectivity index (χ4v) is 7.65. The highest BCUT2D eigenvalue weighted by Crippen LogP contribution is 2.40. The number of alkyl halides is 4. The number of nitrogens with zero attached hydrogens (tertiary/aromatic N) is 2. The van der Waals surface area contributed by atoms with E-state index in [0.717, 1.165) is 112 Å². The van der Waals surface area contributed by atoms with Crippen LogP contribution in [-0.2, 0) is 12.2 Å². The van der Waals surface area contributed by atoms with Gasteiger partial charge in [0.15, 0.2) is 0 Å². The molecule has 2 fully saturated rings. The molecule has 0 unspecified atom stereocenters. The Balaban J connectivity index is 0.000000221. The molecule has 2 saturated carbocycles. The van der Waals surface area contributed by atoms with Crippen LogP contribution in [-0.4, -0.2) is 0 Å². The van der Waals surface area contributed by atoms with Gasteiger partial charge < -0.3 is 9.47 Å². The van der Waals surface area contributed by atoms with E-state index in [9.17, 15) is 26.3 Å². The summed E-state index contributed by atoms with van der Waals surface area (Å²) in [6, 6.07) is 21.9. The van der Waals surface area contributed by atoms with Gasteiger partial charge in [0.05, 0.1) is 22.3 Å². The Morgan fingerprint density at radius 1 is 0.621 bits per heavy atom. The van der Waals surface area contributed by atoms with Crippen molar-refractivity contribution >= 4 is 0 Å². The van der Waals surface area contributed by atoms with Gasteiger partial charge in [-0.1, -0.05) is 55.5 Å². The summed E-state index contributed by atoms with van der Waals surface area (Å²) in [5.74, 6) is -0.306. The Morgan fingerprint density at radius 3 is 1.43 bits per heavy atom. The van der Waals surface area contributed by atoms with Crippen LogP contribution >= 0.6 is 0 Å². The van der Waals surface area contributed by atoms with Crippen molar-refractivity contribution in [3.05, 3.63) is 154 Å². The lowest BCUT2D eigenvalue weighted by atomic mass is 9.77. The molecule has 0 atom stereocenters. The highest BCUT2D eigenvalue weighted by Gasteiger charge is 2.36. The molecule has 0 saturated heterocycles. The molecule has 4 nitrogen and oxygen atoms in total. The topological polar surface area (TPSA) is 66.0 Å². The summed E-state index contributed by atoms with van der Waals surface area (Å²) in [5.41, 5.74) is 1.12. The molecular formula is C48H48F6N2O2. The molecule has 0 spiro atoms. The number of halogens is 6. The lowest BCUT2D eigenvalue weighted by Gasteiger charge is -2.28. The van der Waals surface area contributed by atoms with Crippen LogP contribution in [0, 0.1) is 46.1 Å². The van der Waals surface area contributed by atoms with Gasteiger partial charge in [0.1, 0.15) is 35.3 Å². The zero-order valence-electron chi connectivity index (χ0n) is 32.8. The third-order valence-electron chi connectivity index (χ3n) is 11.0. The largest absolute Gasteiger partial charge is 0.429 e. The molecule has 4 aromatic rings. The van der Waals surface area contributed by atoms with E-state index in [4.69, 9.17) is 20.0 Å². The Labute approximate surface area is 337 Å². The second-order valence-corrected chi connectivity index (χ2v) is 15.0. The molecule has 0 radical (unpaired) electrons. The van der Waals surface area contributed by atoms with E-state index in [2.05, 4.69) is 31.2 Å². The van der Waals surface area contributed by atoms with Crippen molar-refractivity contribution in [3.63, 3.8) is 0 Å². The molecule has 0 amide bonds. The van der Waals surface area contributed by atoms with E-state index >= 15 is 0 Å². The number of rotatable bonds is 12. The Kier molecular flexibility index (Phi) is 15.3. The van der Waals surface area contributed by atoms with E-state index in [1.165, 1.54) is 24.3 Å². The second-order valence-electron chi connectivity index (χ2n) is 15.0. The summed E-state index contributed by atoms with van der Waals surface area (Å²) in [7, 11) is 0. The zero-order chi connectivity index (χ0) is 41.7. The minimum Gasteiger partial charge on any atom is -0.429 e. The van der Waals surface area contributed by atoms with E-state index in [0.29, 0.717) is 23.7 Å². The summed E-state index contributed by atoms with van der Waals surface area (Å²) in [4.78, 5) is 0. The standard InChI is InChI=1S/2C24H24F3NO/c2*1-2-3-4-17-5-7-18(8-6-17)19-9-12-21(13-10-19)24(26,27)29-22-14-11-20(16-28)23(25)15-22/h3-4,9-15,17-18H,2,5-8H2,1H3;2-3,9-15,17-18H,4-8H2,1H3. The highest BCUT2D eigenvalue weighted by atomic mass is 19.3. The summed E-state index contributed by atoms with van der Waals surface area (Å²) < 4.78 is 94.6. The summed E-state index contributed by atoms with van der Waals surface area (Å²) >= 11 is 0. The second kappa shape index (κ2) is 20.3. The molecule has 58 heavy (non-hydrogen) atoms. The van der Waals surface area contributed by atoms with Crippen LogP contribution in [0.1, 0.15) is 123 Å². The average Bonchev–Trinajstić information content (AvgIpc) is 3.23. The minimum absolute atomic E-state index is 0.217. The number of hydrogen-bond donors (Lipinski definition) is 0. The quantitative estimate of drug-likeness (QED) is 0.106. The normalized spacial score (nSPS) is 19.8. The molecule has 0 N–H and O–H groups in total. The Hall–Kier alpha value is -5.48. The van der Waals surface area contributed by atoms with E-state index in [-0.39, 0.29) is 33.8 Å². The van der Waals surface area contributed by atoms with Crippen LogP contribution < -0.4 is 9.47 Å². The maximum atomic E-state index is 14.5. The van der Waals surface area contributed by atoms with Crippen LogP contribution in [0.2, 0.25) is 0 Å². The molecule has 0 aromatic heterocycles. The van der Waals surface area contributed by atoms with Gasteiger partial charge in [-0.05, 0) is 154 Å². The number of hydrogen-bond acceptors (Lipinski definition) is 4. The Bertz CT molecular complexity index is 2080. The molecule has 0 bridgehead atoms. The van der Waals surface area contributed by atoms with Crippen LogP contribution in [0.25, 0.3) is 0 Å². The summed E-state index contributed by atoms with van der Waals surface area (Å²) in [5, 5.41) is 17.4. The molecular weight excluding hydrogens is 751 g/mol. The average molecular weight is 799 g/mol. The van der Waals surface area contributed by atoms with Crippen molar-refractivity contribution in [1.82, 2.24) is 0 Å². The van der Waals surface area contributed by atoms with Crippen LogP contribution in [0.3, 0.4) is 0 Å². The molecule has 2 aliphatic rings. The molecule has 10 heteroatoms. The molecule has 6 rings (SSSR count). The number of allylic oxidation sites excluding steroid dienone is 4. The number of ether oxygens (including phenoxy) is 2. The van der Waals surface area contributed by atoms with Gasteiger partial charge in [0, 0.05) is 12.1 Å². The molecule has 4 aromatic carbocycles. The van der Waals surface area contributed by atoms with Crippen molar-refractivity contribution in [1.29, 1.82) is 10.5 Å².